The van der Waals surface area contributed by atoms with Crippen LogP contribution in [-0.2, 0) is 0 Å². The molecule has 0 bridgehead atoms. The summed E-state index contributed by atoms with van der Waals surface area (Å²) in [6.07, 6.45) is 4.41. The van der Waals surface area contributed by atoms with E-state index < -0.39 is 0 Å². The molecule has 0 radical (unpaired) electrons. The molecule has 0 amide bonds. The molecule has 2 nitrogen and oxygen atoms in total. The lowest BCUT2D eigenvalue weighted by Gasteiger charge is -2.24. The first kappa shape index (κ1) is 14.1. The lowest BCUT2D eigenvalue weighted by atomic mass is 9.98. The molecule has 3 rings (SSSR count). The third-order valence-electron chi connectivity index (χ3n) is 3.46. The van der Waals surface area contributed by atoms with Gasteiger partial charge < -0.3 is 10.5 Å². The molecule has 0 spiro atoms. The van der Waals surface area contributed by atoms with Crippen LogP contribution in [0.3, 0.4) is 0 Å². The Hall–Kier alpha value is -1.84. The van der Waals surface area contributed by atoms with Crippen LogP contribution in [0, 0.1) is 5.82 Å². The van der Waals surface area contributed by atoms with Crippen molar-refractivity contribution in [2.75, 3.05) is 6.54 Å². The van der Waals surface area contributed by atoms with Crippen molar-refractivity contribution in [1.82, 2.24) is 0 Å². The van der Waals surface area contributed by atoms with Gasteiger partial charge in [-0.25, -0.2) is 4.39 Å². The molecule has 0 fully saturated rings. The van der Waals surface area contributed by atoms with Crippen LogP contribution in [0.1, 0.15) is 12.0 Å². The summed E-state index contributed by atoms with van der Waals surface area (Å²) in [6.45, 7) is 0.535. The molecule has 4 heteroatoms. The third-order valence-corrected chi connectivity index (χ3v) is 3.79. The van der Waals surface area contributed by atoms with E-state index in [1.807, 2.05) is 30.4 Å². The minimum atomic E-state index is -0.311. The Bertz CT molecular complexity index is 699. The normalized spacial score (nSPS) is 16.4. The molecule has 108 valence electrons. The molecule has 1 aliphatic heterocycles. The van der Waals surface area contributed by atoms with Crippen molar-refractivity contribution in [3.8, 4) is 16.9 Å². The zero-order valence-corrected chi connectivity index (χ0v) is 12.1. The number of halogens is 2. The van der Waals surface area contributed by atoms with Gasteiger partial charge in [-0.05, 0) is 30.8 Å². The Balaban J connectivity index is 2.13. The highest BCUT2D eigenvalue weighted by atomic mass is 35.5. The molecule has 21 heavy (non-hydrogen) atoms. The fourth-order valence-corrected chi connectivity index (χ4v) is 2.71. The van der Waals surface area contributed by atoms with Gasteiger partial charge in [0.2, 0.25) is 0 Å². The van der Waals surface area contributed by atoms with Crippen molar-refractivity contribution >= 4 is 17.7 Å². The molecule has 0 aliphatic carbocycles. The van der Waals surface area contributed by atoms with Gasteiger partial charge in [0.1, 0.15) is 17.7 Å². The zero-order valence-electron chi connectivity index (χ0n) is 11.4. The number of hydrogen-bond donors (Lipinski definition) is 1. The predicted molar refractivity (Wildman–Crippen MR) is 84.0 cm³/mol. The minimum Gasteiger partial charge on any atom is -0.485 e. The average Bonchev–Trinajstić information content (AvgIpc) is 2.48. The Morgan fingerprint density at radius 1 is 1.19 bits per heavy atom. The van der Waals surface area contributed by atoms with Crippen molar-refractivity contribution < 1.29 is 9.13 Å². The first-order valence-electron chi connectivity index (χ1n) is 6.82. The highest BCUT2D eigenvalue weighted by molar-refractivity contribution is 6.33. The number of rotatable bonds is 3. The predicted octanol–water partition coefficient (Wildman–Crippen LogP) is 4.27. The third kappa shape index (κ3) is 2.80. The molecule has 0 aromatic heterocycles. The molecule has 0 saturated heterocycles. The van der Waals surface area contributed by atoms with Crippen molar-refractivity contribution in [2.24, 2.45) is 5.73 Å². The fourth-order valence-electron chi connectivity index (χ4n) is 2.47. The van der Waals surface area contributed by atoms with E-state index in [0.717, 1.165) is 17.5 Å². The molecular weight excluding hydrogens is 289 g/mol. The van der Waals surface area contributed by atoms with E-state index in [1.54, 1.807) is 6.07 Å². The molecule has 0 saturated carbocycles. The highest BCUT2D eigenvalue weighted by Crippen LogP contribution is 2.40. The average molecular weight is 304 g/mol. The van der Waals surface area contributed by atoms with Gasteiger partial charge in [0.05, 0.1) is 0 Å². The van der Waals surface area contributed by atoms with Crippen LogP contribution in [0.25, 0.3) is 17.2 Å². The van der Waals surface area contributed by atoms with E-state index >= 15 is 0 Å². The second kappa shape index (κ2) is 5.88. The van der Waals surface area contributed by atoms with Crippen molar-refractivity contribution in [2.45, 2.75) is 12.5 Å². The molecule has 1 unspecified atom stereocenters. The molecule has 1 atom stereocenters. The number of benzene rings is 2. The van der Waals surface area contributed by atoms with Crippen LogP contribution < -0.4 is 10.5 Å². The topological polar surface area (TPSA) is 35.2 Å². The van der Waals surface area contributed by atoms with E-state index in [0.29, 0.717) is 22.9 Å². The lowest BCUT2D eigenvalue weighted by molar-refractivity contribution is 0.238. The first-order valence-corrected chi connectivity index (χ1v) is 7.20. The second-order valence-corrected chi connectivity index (χ2v) is 5.35. The van der Waals surface area contributed by atoms with E-state index in [9.17, 15) is 4.39 Å². The van der Waals surface area contributed by atoms with Crippen LogP contribution in [0.5, 0.6) is 5.75 Å². The number of hydrogen-bond acceptors (Lipinski definition) is 2. The summed E-state index contributed by atoms with van der Waals surface area (Å²) < 4.78 is 19.8. The smallest absolute Gasteiger partial charge is 0.135 e. The SMILES string of the molecule is NCCC1C=Cc2cc(F)cc(-c3ccccc3Cl)c2O1. The Labute approximate surface area is 128 Å². The Kier molecular flexibility index (Phi) is 3.95. The first-order chi connectivity index (χ1) is 10.2. The van der Waals surface area contributed by atoms with E-state index in [-0.39, 0.29) is 11.9 Å². The summed E-state index contributed by atoms with van der Waals surface area (Å²) in [5.41, 5.74) is 7.73. The molecule has 2 aromatic carbocycles. The second-order valence-electron chi connectivity index (χ2n) is 4.94. The van der Waals surface area contributed by atoms with Gasteiger partial charge in [-0.15, -0.1) is 0 Å². The van der Waals surface area contributed by atoms with Gasteiger partial charge in [0.15, 0.2) is 0 Å². The highest BCUT2D eigenvalue weighted by Gasteiger charge is 2.20. The summed E-state index contributed by atoms with van der Waals surface area (Å²) >= 11 is 6.24. The summed E-state index contributed by atoms with van der Waals surface area (Å²) in [5, 5.41) is 0.568. The van der Waals surface area contributed by atoms with Gasteiger partial charge in [-0.2, -0.15) is 0 Å². The summed E-state index contributed by atoms with van der Waals surface area (Å²) in [6, 6.07) is 10.3. The minimum absolute atomic E-state index is 0.0887. The standard InChI is InChI=1S/C17H15ClFNO/c18-16-4-2-1-3-14(16)15-10-12(19)9-11-5-6-13(7-8-20)21-17(11)15/h1-6,9-10,13H,7-8,20H2. The Morgan fingerprint density at radius 3 is 2.76 bits per heavy atom. The fraction of sp³-hybridized carbons (Fsp3) is 0.176. The lowest BCUT2D eigenvalue weighted by Crippen LogP contribution is -2.21. The van der Waals surface area contributed by atoms with Gasteiger partial charge in [-0.3, -0.25) is 0 Å². The van der Waals surface area contributed by atoms with Gasteiger partial charge in [-0.1, -0.05) is 35.9 Å². The molecule has 1 heterocycles. The largest absolute Gasteiger partial charge is 0.485 e. The number of fused-ring (bicyclic) bond motifs is 1. The van der Waals surface area contributed by atoms with Crippen molar-refractivity contribution in [1.29, 1.82) is 0 Å². The number of nitrogens with two attached hydrogens (primary N) is 1. The monoisotopic (exact) mass is 303 g/mol. The van der Waals surface area contributed by atoms with E-state index in [1.165, 1.54) is 12.1 Å². The van der Waals surface area contributed by atoms with Crippen LogP contribution in [0.2, 0.25) is 5.02 Å². The van der Waals surface area contributed by atoms with E-state index in [2.05, 4.69) is 0 Å². The maximum Gasteiger partial charge on any atom is 0.135 e. The van der Waals surface area contributed by atoms with Gasteiger partial charge >= 0.3 is 0 Å². The maximum atomic E-state index is 13.9. The molecule has 1 aliphatic rings. The van der Waals surface area contributed by atoms with Gasteiger partial charge in [0, 0.05) is 28.1 Å². The van der Waals surface area contributed by atoms with Crippen molar-refractivity contribution in [3.05, 3.63) is 58.9 Å². The van der Waals surface area contributed by atoms with Crippen LogP contribution >= 0.6 is 11.6 Å². The number of ether oxygens (including phenoxy) is 1. The van der Waals surface area contributed by atoms with Crippen molar-refractivity contribution in [3.63, 3.8) is 0 Å². The Morgan fingerprint density at radius 2 is 2.00 bits per heavy atom. The maximum absolute atomic E-state index is 13.9. The van der Waals surface area contributed by atoms with Crippen LogP contribution in [0.4, 0.5) is 4.39 Å². The summed E-state index contributed by atoms with van der Waals surface area (Å²) in [7, 11) is 0. The zero-order chi connectivity index (χ0) is 14.8. The van der Waals surface area contributed by atoms with Crippen LogP contribution in [-0.4, -0.2) is 12.6 Å². The molecule has 2 N–H and O–H groups in total. The summed E-state index contributed by atoms with van der Waals surface area (Å²) in [5.74, 6) is 0.347. The van der Waals surface area contributed by atoms with Crippen LogP contribution in [0.15, 0.2) is 42.5 Å². The van der Waals surface area contributed by atoms with E-state index in [4.69, 9.17) is 22.1 Å². The quantitative estimate of drug-likeness (QED) is 0.919. The van der Waals surface area contributed by atoms with Gasteiger partial charge in [0.25, 0.3) is 0 Å². The summed E-state index contributed by atoms with van der Waals surface area (Å²) in [4.78, 5) is 0. The molecule has 2 aromatic rings. The molecular formula is C17H15ClFNO.